The molecule has 5 heteroatoms. The predicted octanol–water partition coefficient (Wildman–Crippen LogP) is 3.26. The van der Waals surface area contributed by atoms with Gasteiger partial charge >= 0.3 is 0 Å². The van der Waals surface area contributed by atoms with Gasteiger partial charge in [-0.15, -0.1) is 0 Å². The van der Waals surface area contributed by atoms with Crippen molar-refractivity contribution in [2.45, 2.75) is 13.5 Å². The Morgan fingerprint density at radius 3 is 2.74 bits per heavy atom. The molecular weight excluding hydrogens is 250 g/mol. The molecule has 0 aliphatic carbocycles. The molecule has 3 nitrogen and oxygen atoms in total. The van der Waals surface area contributed by atoms with E-state index < -0.39 is 11.6 Å². The van der Waals surface area contributed by atoms with Crippen LogP contribution >= 0.6 is 0 Å². The molecule has 1 aromatic heterocycles. The molecule has 100 valence electrons. The highest BCUT2D eigenvalue weighted by atomic mass is 19.2. The quantitative estimate of drug-likeness (QED) is 0.900. The number of aromatic nitrogens is 1. The van der Waals surface area contributed by atoms with Gasteiger partial charge in [0, 0.05) is 18.8 Å². The van der Waals surface area contributed by atoms with Crippen LogP contribution in [0.15, 0.2) is 36.5 Å². The van der Waals surface area contributed by atoms with E-state index in [1.807, 2.05) is 13.0 Å². The maximum atomic E-state index is 13.4. The third-order valence-electron chi connectivity index (χ3n) is 2.51. The number of ether oxygens (including phenoxy) is 1. The van der Waals surface area contributed by atoms with Gasteiger partial charge in [-0.3, -0.25) is 0 Å². The Morgan fingerprint density at radius 1 is 1.21 bits per heavy atom. The Balaban J connectivity index is 2.09. The van der Waals surface area contributed by atoms with Crippen LogP contribution in [-0.2, 0) is 6.54 Å². The van der Waals surface area contributed by atoms with Crippen molar-refractivity contribution in [3.8, 4) is 11.6 Å². The van der Waals surface area contributed by atoms with Crippen molar-refractivity contribution in [2.75, 3.05) is 6.54 Å². The lowest BCUT2D eigenvalue weighted by Crippen LogP contribution is -2.11. The molecule has 0 fully saturated rings. The van der Waals surface area contributed by atoms with Crippen molar-refractivity contribution in [1.82, 2.24) is 10.3 Å². The van der Waals surface area contributed by atoms with E-state index in [0.29, 0.717) is 6.54 Å². The fourth-order valence-corrected chi connectivity index (χ4v) is 1.52. The topological polar surface area (TPSA) is 34.1 Å². The van der Waals surface area contributed by atoms with E-state index in [9.17, 15) is 8.78 Å². The number of rotatable bonds is 5. The molecule has 0 atom stereocenters. The minimum atomic E-state index is -1.01. The zero-order valence-corrected chi connectivity index (χ0v) is 10.5. The summed E-state index contributed by atoms with van der Waals surface area (Å²) in [5.41, 5.74) is 0.994. The fraction of sp³-hybridized carbons (Fsp3) is 0.214. The normalized spacial score (nSPS) is 10.5. The smallest absolute Gasteiger partial charge is 0.219 e. The summed E-state index contributed by atoms with van der Waals surface area (Å²) in [4.78, 5) is 4.05. The number of nitrogens with zero attached hydrogens (tertiary/aromatic N) is 1. The number of benzene rings is 1. The molecule has 19 heavy (non-hydrogen) atoms. The zero-order chi connectivity index (χ0) is 13.7. The molecule has 0 spiro atoms. The van der Waals surface area contributed by atoms with Gasteiger partial charge in [0.1, 0.15) is 0 Å². The number of nitrogens with one attached hydrogen (secondary N) is 1. The van der Waals surface area contributed by atoms with Gasteiger partial charge in [-0.2, -0.15) is 4.39 Å². The predicted molar refractivity (Wildman–Crippen MR) is 68.0 cm³/mol. The molecule has 0 aliphatic rings. The molecule has 0 unspecified atom stereocenters. The molecule has 0 radical (unpaired) electrons. The van der Waals surface area contributed by atoms with Crippen LogP contribution in [0.5, 0.6) is 11.6 Å². The molecule has 1 heterocycles. The molecule has 1 N–H and O–H groups in total. The van der Waals surface area contributed by atoms with Crippen molar-refractivity contribution >= 4 is 0 Å². The Labute approximate surface area is 110 Å². The molecule has 0 saturated carbocycles. The Morgan fingerprint density at radius 2 is 2.05 bits per heavy atom. The first-order valence-corrected chi connectivity index (χ1v) is 5.98. The van der Waals surface area contributed by atoms with Gasteiger partial charge in [0.05, 0.1) is 0 Å². The number of pyridine rings is 1. The van der Waals surface area contributed by atoms with Crippen molar-refractivity contribution in [3.63, 3.8) is 0 Å². The molecular formula is C14H14F2N2O. The molecule has 0 saturated heterocycles. The molecule has 0 bridgehead atoms. The van der Waals surface area contributed by atoms with Crippen LogP contribution in [0.1, 0.15) is 12.5 Å². The van der Waals surface area contributed by atoms with E-state index in [1.165, 1.54) is 12.1 Å². The lowest BCUT2D eigenvalue weighted by atomic mass is 10.3. The summed E-state index contributed by atoms with van der Waals surface area (Å²) in [6, 6.07) is 7.22. The summed E-state index contributed by atoms with van der Waals surface area (Å²) in [7, 11) is 0. The Bertz CT molecular complexity index is 544. The highest BCUT2D eigenvalue weighted by molar-refractivity contribution is 5.30. The largest absolute Gasteiger partial charge is 0.436 e. The van der Waals surface area contributed by atoms with E-state index in [1.54, 1.807) is 12.3 Å². The van der Waals surface area contributed by atoms with Crippen LogP contribution in [0.25, 0.3) is 0 Å². The lowest BCUT2D eigenvalue weighted by Gasteiger charge is -2.07. The van der Waals surface area contributed by atoms with E-state index in [4.69, 9.17) is 4.74 Å². The second-order valence-corrected chi connectivity index (χ2v) is 3.94. The summed E-state index contributed by atoms with van der Waals surface area (Å²) in [5.74, 6) is -1.90. The SMILES string of the molecule is CCNCc1ccc(Oc2cccc(F)c2F)nc1. The van der Waals surface area contributed by atoms with E-state index >= 15 is 0 Å². The van der Waals surface area contributed by atoms with Gasteiger partial charge in [0.25, 0.3) is 0 Å². The highest BCUT2D eigenvalue weighted by Gasteiger charge is 2.10. The van der Waals surface area contributed by atoms with Crippen molar-refractivity contribution in [3.05, 3.63) is 53.7 Å². The third kappa shape index (κ3) is 3.48. The van der Waals surface area contributed by atoms with Gasteiger partial charge in [0.2, 0.25) is 11.7 Å². The van der Waals surface area contributed by atoms with Gasteiger partial charge < -0.3 is 10.1 Å². The summed E-state index contributed by atoms with van der Waals surface area (Å²) in [5, 5.41) is 3.16. The van der Waals surface area contributed by atoms with Crippen LogP contribution in [0.4, 0.5) is 8.78 Å². The van der Waals surface area contributed by atoms with Crippen molar-refractivity contribution < 1.29 is 13.5 Å². The number of hydrogen-bond donors (Lipinski definition) is 1. The van der Waals surface area contributed by atoms with Crippen LogP contribution in [0, 0.1) is 11.6 Å². The van der Waals surface area contributed by atoms with E-state index in [0.717, 1.165) is 18.2 Å². The van der Waals surface area contributed by atoms with Crippen LogP contribution in [0.2, 0.25) is 0 Å². The number of hydrogen-bond acceptors (Lipinski definition) is 3. The Kier molecular flexibility index (Phi) is 4.41. The first-order chi connectivity index (χ1) is 9.20. The summed E-state index contributed by atoms with van der Waals surface area (Å²) in [6.07, 6.45) is 1.63. The fourth-order valence-electron chi connectivity index (χ4n) is 1.52. The van der Waals surface area contributed by atoms with E-state index in [2.05, 4.69) is 10.3 Å². The first kappa shape index (κ1) is 13.4. The molecule has 1 aromatic carbocycles. The number of halogens is 2. The average Bonchev–Trinajstić information content (AvgIpc) is 2.43. The third-order valence-corrected chi connectivity index (χ3v) is 2.51. The van der Waals surface area contributed by atoms with Crippen LogP contribution in [0.3, 0.4) is 0 Å². The van der Waals surface area contributed by atoms with Crippen LogP contribution < -0.4 is 10.1 Å². The van der Waals surface area contributed by atoms with Crippen LogP contribution in [-0.4, -0.2) is 11.5 Å². The van der Waals surface area contributed by atoms with Crippen molar-refractivity contribution in [2.24, 2.45) is 0 Å². The second-order valence-electron chi connectivity index (χ2n) is 3.94. The molecule has 2 rings (SSSR count). The summed E-state index contributed by atoms with van der Waals surface area (Å²) < 4.78 is 31.6. The average molecular weight is 264 g/mol. The second kappa shape index (κ2) is 6.24. The Hall–Kier alpha value is -2.01. The summed E-state index contributed by atoms with van der Waals surface area (Å²) in [6.45, 7) is 3.59. The maximum absolute atomic E-state index is 13.4. The summed E-state index contributed by atoms with van der Waals surface area (Å²) >= 11 is 0. The molecule has 0 aliphatic heterocycles. The van der Waals surface area contributed by atoms with Gasteiger partial charge in [0.15, 0.2) is 11.6 Å². The zero-order valence-electron chi connectivity index (χ0n) is 10.5. The minimum Gasteiger partial charge on any atom is -0.436 e. The first-order valence-electron chi connectivity index (χ1n) is 5.98. The van der Waals surface area contributed by atoms with Gasteiger partial charge in [-0.25, -0.2) is 9.37 Å². The van der Waals surface area contributed by atoms with Gasteiger partial charge in [-0.1, -0.05) is 19.1 Å². The standard InChI is InChI=1S/C14H14F2N2O/c1-2-17-8-10-6-7-13(18-9-10)19-12-5-3-4-11(15)14(12)16/h3-7,9,17H,2,8H2,1H3. The van der Waals surface area contributed by atoms with Gasteiger partial charge in [-0.05, 0) is 24.2 Å². The van der Waals surface area contributed by atoms with E-state index in [-0.39, 0.29) is 11.6 Å². The lowest BCUT2D eigenvalue weighted by molar-refractivity contribution is 0.405. The molecule has 2 aromatic rings. The highest BCUT2D eigenvalue weighted by Crippen LogP contribution is 2.24. The molecule has 0 amide bonds. The minimum absolute atomic E-state index is 0.174. The van der Waals surface area contributed by atoms with Crippen molar-refractivity contribution in [1.29, 1.82) is 0 Å². The maximum Gasteiger partial charge on any atom is 0.219 e. The monoisotopic (exact) mass is 264 g/mol.